The number of likely N-dealkylation sites (tertiary alicyclic amines) is 1. The number of hydrogen-bond acceptors (Lipinski definition) is 5. The maximum atomic E-state index is 12.2. The third-order valence-electron chi connectivity index (χ3n) is 5.15. The SMILES string of the molecule is C#CCCC1(CCC(=O)Nc2ccc(C(=O)NCCN3CCCC3)cc2)N=N1. The van der Waals surface area contributed by atoms with Crippen LogP contribution in [0.15, 0.2) is 34.5 Å². The largest absolute Gasteiger partial charge is 0.351 e. The van der Waals surface area contributed by atoms with Crippen molar-refractivity contribution in [2.75, 3.05) is 31.5 Å². The molecule has 0 atom stereocenters. The summed E-state index contributed by atoms with van der Waals surface area (Å²) >= 11 is 0. The summed E-state index contributed by atoms with van der Waals surface area (Å²) in [5, 5.41) is 13.9. The van der Waals surface area contributed by atoms with Crippen LogP contribution < -0.4 is 10.6 Å². The van der Waals surface area contributed by atoms with Crippen molar-refractivity contribution in [3.63, 3.8) is 0 Å². The highest BCUT2D eigenvalue weighted by Gasteiger charge is 2.39. The summed E-state index contributed by atoms with van der Waals surface area (Å²) in [6, 6.07) is 6.93. The van der Waals surface area contributed by atoms with Crippen LogP contribution in [0.3, 0.4) is 0 Å². The van der Waals surface area contributed by atoms with E-state index in [1.807, 2.05) is 0 Å². The fourth-order valence-electron chi connectivity index (χ4n) is 3.35. The summed E-state index contributed by atoms with van der Waals surface area (Å²) in [6.45, 7) is 3.78. The monoisotopic (exact) mass is 381 g/mol. The lowest BCUT2D eigenvalue weighted by Gasteiger charge is -2.14. The van der Waals surface area contributed by atoms with E-state index in [9.17, 15) is 9.59 Å². The first-order valence-corrected chi connectivity index (χ1v) is 9.88. The Kier molecular flexibility index (Phi) is 6.77. The van der Waals surface area contributed by atoms with Crippen LogP contribution >= 0.6 is 0 Å². The summed E-state index contributed by atoms with van der Waals surface area (Å²) in [4.78, 5) is 26.7. The minimum atomic E-state index is -0.444. The van der Waals surface area contributed by atoms with Gasteiger partial charge < -0.3 is 15.5 Å². The van der Waals surface area contributed by atoms with Gasteiger partial charge in [-0.2, -0.15) is 10.2 Å². The predicted molar refractivity (Wildman–Crippen MR) is 108 cm³/mol. The van der Waals surface area contributed by atoms with E-state index in [4.69, 9.17) is 6.42 Å². The fourth-order valence-corrected chi connectivity index (χ4v) is 3.35. The Balaban J connectivity index is 1.38. The third kappa shape index (κ3) is 5.89. The number of anilines is 1. The summed E-state index contributed by atoms with van der Waals surface area (Å²) < 4.78 is 0. The van der Waals surface area contributed by atoms with Crippen LogP contribution in [0.2, 0.25) is 0 Å². The Hall–Kier alpha value is -2.72. The molecule has 3 rings (SSSR count). The second kappa shape index (κ2) is 9.47. The van der Waals surface area contributed by atoms with Crippen LogP contribution in [0.5, 0.6) is 0 Å². The standard InChI is InChI=1S/C21H27N5O2/c1-2-3-11-21(24-25-21)12-10-19(27)23-18-8-6-17(7-9-18)20(28)22-13-16-26-14-4-5-15-26/h1,6-9H,3-5,10-16H2,(H,22,28)(H,23,27). The van der Waals surface area contributed by atoms with Gasteiger partial charge in [-0.15, -0.1) is 12.3 Å². The molecule has 2 amide bonds. The maximum absolute atomic E-state index is 12.2. The van der Waals surface area contributed by atoms with Gasteiger partial charge in [-0.05, 0) is 50.2 Å². The van der Waals surface area contributed by atoms with Gasteiger partial charge >= 0.3 is 0 Å². The topological polar surface area (TPSA) is 86.2 Å². The van der Waals surface area contributed by atoms with Gasteiger partial charge in [0, 0.05) is 50.0 Å². The highest BCUT2D eigenvalue weighted by atomic mass is 16.2. The van der Waals surface area contributed by atoms with Crippen molar-refractivity contribution >= 4 is 17.5 Å². The van der Waals surface area contributed by atoms with Crippen molar-refractivity contribution in [3.05, 3.63) is 29.8 Å². The van der Waals surface area contributed by atoms with Crippen LogP contribution in [0.4, 0.5) is 5.69 Å². The molecular formula is C21H27N5O2. The molecule has 0 bridgehead atoms. The molecule has 1 aromatic rings. The van der Waals surface area contributed by atoms with Crippen molar-refractivity contribution in [2.24, 2.45) is 10.2 Å². The molecule has 2 aliphatic rings. The van der Waals surface area contributed by atoms with Crippen molar-refractivity contribution in [3.8, 4) is 12.3 Å². The molecule has 7 heteroatoms. The molecule has 0 radical (unpaired) electrons. The first-order valence-electron chi connectivity index (χ1n) is 9.88. The highest BCUT2D eigenvalue weighted by molar-refractivity contribution is 5.95. The molecule has 1 aromatic carbocycles. The molecule has 28 heavy (non-hydrogen) atoms. The molecule has 0 saturated carbocycles. The quantitative estimate of drug-likeness (QED) is 0.611. The molecule has 2 aliphatic heterocycles. The van der Waals surface area contributed by atoms with E-state index in [1.165, 1.54) is 12.8 Å². The maximum Gasteiger partial charge on any atom is 0.251 e. The minimum Gasteiger partial charge on any atom is -0.351 e. The lowest BCUT2D eigenvalue weighted by atomic mass is 10.0. The number of carbonyl (C=O) groups excluding carboxylic acids is 2. The average Bonchev–Trinajstić information content (AvgIpc) is 3.29. The van der Waals surface area contributed by atoms with Gasteiger partial charge in [0.1, 0.15) is 0 Å². The van der Waals surface area contributed by atoms with E-state index in [0.717, 1.165) is 19.6 Å². The molecule has 148 valence electrons. The zero-order chi connectivity index (χ0) is 19.8. The third-order valence-corrected chi connectivity index (χ3v) is 5.15. The second-order valence-electron chi connectivity index (χ2n) is 7.32. The smallest absolute Gasteiger partial charge is 0.251 e. The number of hydrogen-bond donors (Lipinski definition) is 2. The van der Waals surface area contributed by atoms with E-state index < -0.39 is 5.66 Å². The van der Waals surface area contributed by atoms with E-state index >= 15 is 0 Å². The first kappa shape index (κ1) is 20.0. The summed E-state index contributed by atoms with van der Waals surface area (Å²) in [5.41, 5.74) is 0.810. The Labute approximate surface area is 166 Å². The Bertz CT molecular complexity index is 754. The number of rotatable bonds is 10. The molecule has 7 nitrogen and oxygen atoms in total. The van der Waals surface area contributed by atoms with Gasteiger partial charge in [0.25, 0.3) is 5.91 Å². The number of nitrogens with one attached hydrogen (secondary N) is 2. The molecule has 0 aromatic heterocycles. The number of carbonyl (C=O) groups is 2. The molecule has 0 spiro atoms. The molecule has 2 heterocycles. The van der Waals surface area contributed by atoms with Gasteiger partial charge in [-0.25, -0.2) is 0 Å². The molecule has 0 aliphatic carbocycles. The summed E-state index contributed by atoms with van der Waals surface area (Å²) in [6.07, 6.45) is 9.96. The lowest BCUT2D eigenvalue weighted by Crippen LogP contribution is -2.33. The van der Waals surface area contributed by atoms with Crippen molar-refractivity contribution < 1.29 is 9.59 Å². The van der Waals surface area contributed by atoms with Crippen molar-refractivity contribution in [2.45, 2.75) is 44.2 Å². The van der Waals surface area contributed by atoms with Crippen LogP contribution in [0.1, 0.15) is 48.9 Å². The van der Waals surface area contributed by atoms with Crippen LogP contribution in [0.25, 0.3) is 0 Å². The van der Waals surface area contributed by atoms with E-state index in [-0.39, 0.29) is 11.8 Å². The van der Waals surface area contributed by atoms with Gasteiger partial charge in [-0.1, -0.05) is 0 Å². The average molecular weight is 381 g/mol. The molecule has 2 N–H and O–H groups in total. The van der Waals surface area contributed by atoms with E-state index in [0.29, 0.717) is 43.5 Å². The first-order chi connectivity index (χ1) is 13.6. The molecule has 1 saturated heterocycles. The van der Waals surface area contributed by atoms with E-state index in [1.54, 1.807) is 24.3 Å². The van der Waals surface area contributed by atoms with Gasteiger partial charge in [0.2, 0.25) is 5.91 Å². The number of benzene rings is 1. The van der Waals surface area contributed by atoms with Gasteiger partial charge in [0.15, 0.2) is 5.66 Å². The normalized spacial score (nSPS) is 17.1. The van der Waals surface area contributed by atoms with Crippen molar-refractivity contribution in [1.29, 1.82) is 0 Å². The molecular weight excluding hydrogens is 354 g/mol. The minimum absolute atomic E-state index is 0.0931. The predicted octanol–water partition coefficient (Wildman–Crippen LogP) is 2.81. The Morgan fingerprint density at radius 1 is 1.14 bits per heavy atom. The fraction of sp³-hybridized carbons (Fsp3) is 0.524. The number of amides is 2. The van der Waals surface area contributed by atoms with Crippen molar-refractivity contribution in [1.82, 2.24) is 10.2 Å². The zero-order valence-corrected chi connectivity index (χ0v) is 16.1. The highest BCUT2D eigenvalue weighted by Crippen LogP contribution is 2.37. The summed E-state index contributed by atoms with van der Waals surface area (Å²) in [5.74, 6) is 2.39. The summed E-state index contributed by atoms with van der Waals surface area (Å²) in [7, 11) is 0. The van der Waals surface area contributed by atoms with E-state index in [2.05, 4.69) is 31.7 Å². The second-order valence-corrected chi connectivity index (χ2v) is 7.32. The number of terminal acetylenes is 1. The van der Waals surface area contributed by atoms with Gasteiger partial charge in [0.05, 0.1) is 0 Å². The Morgan fingerprint density at radius 3 is 2.50 bits per heavy atom. The Morgan fingerprint density at radius 2 is 1.86 bits per heavy atom. The van der Waals surface area contributed by atoms with Crippen LogP contribution in [-0.2, 0) is 4.79 Å². The molecule has 1 fully saturated rings. The zero-order valence-electron chi connectivity index (χ0n) is 16.1. The number of nitrogens with zero attached hydrogens (tertiary/aromatic N) is 3. The lowest BCUT2D eigenvalue weighted by molar-refractivity contribution is -0.116. The molecule has 0 unspecified atom stereocenters. The van der Waals surface area contributed by atoms with Crippen LogP contribution in [0, 0.1) is 12.3 Å². The van der Waals surface area contributed by atoms with Gasteiger partial charge in [-0.3, -0.25) is 9.59 Å². The van der Waals surface area contributed by atoms with Crippen LogP contribution in [-0.4, -0.2) is 48.6 Å².